The molecule has 0 aliphatic heterocycles. The molecule has 2 amide bonds. The summed E-state index contributed by atoms with van der Waals surface area (Å²) in [6.07, 6.45) is 39.2. The predicted molar refractivity (Wildman–Crippen MR) is 439 cm³/mol. The first-order chi connectivity index (χ1) is 54.8. The number of hydrogen-bond donors (Lipinski definition) is 3. The maximum Gasteiger partial charge on any atom is 0.475 e. The molecule has 0 aromatic carbocycles. The number of esters is 3. The number of phosphoric ester groups is 3. The highest BCUT2D eigenvalue weighted by Crippen LogP contribution is 2.51. The van der Waals surface area contributed by atoms with Gasteiger partial charge in [-0.15, -0.1) is 19.7 Å². The molecule has 0 bridgehead atoms. The van der Waals surface area contributed by atoms with Crippen molar-refractivity contribution in [1.29, 1.82) is 0 Å². The molecule has 0 heterocycles. The van der Waals surface area contributed by atoms with Crippen LogP contribution < -0.4 is 16.4 Å². The Morgan fingerprint density at radius 1 is 0.372 bits per heavy atom. The Morgan fingerprint density at radius 2 is 0.628 bits per heavy atom. The molecule has 0 fully saturated rings. The van der Waals surface area contributed by atoms with E-state index in [-0.39, 0.29) is 148 Å². The number of azide groups is 3. The third-order valence-corrected chi connectivity index (χ3v) is 21.3. The van der Waals surface area contributed by atoms with E-state index >= 15 is 0 Å². The monoisotopic (exact) mass is 1670 g/mol. The predicted octanol–water partition coefficient (Wildman–Crippen LogP) is 20.2. The lowest BCUT2D eigenvalue weighted by atomic mass is 10.1. The molecular formula is C76H145N12O22P3. The van der Waals surface area contributed by atoms with Gasteiger partial charge in [0.1, 0.15) is 18.3 Å². The topological polar surface area (TPSA) is 454 Å². The molecule has 0 radical (unpaired) electrons. The van der Waals surface area contributed by atoms with Gasteiger partial charge < -0.3 is 44.8 Å². The average Bonchev–Trinajstić information content (AvgIpc) is 0.877. The molecule has 0 spiro atoms. The van der Waals surface area contributed by atoms with Crippen LogP contribution in [0.1, 0.15) is 273 Å². The maximum absolute atomic E-state index is 13.4. The summed E-state index contributed by atoms with van der Waals surface area (Å²) < 4.78 is 121. The Balaban J connectivity index is 0. The maximum atomic E-state index is 13.4. The number of unbranched alkanes of at least 4 members (excludes halogenated alkanes) is 24. The minimum atomic E-state index is -4.25. The Kier molecular flexibility index (Phi) is 77.4. The van der Waals surface area contributed by atoms with Crippen molar-refractivity contribution in [2.45, 2.75) is 309 Å². The number of hydrogen-bond acceptors (Lipinski definition) is 26. The van der Waals surface area contributed by atoms with E-state index < -0.39 is 47.6 Å². The number of carbonyl (C=O) groups excluding carboxylic acids is 4. The second-order valence-corrected chi connectivity index (χ2v) is 31.9. The van der Waals surface area contributed by atoms with Gasteiger partial charge in [-0.1, -0.05) is 229 Å². The molecule has 4 N–H and O–H groups in total. The standard InChI is InChI=1S/C51H96N8O15P2.C25H49N4O7P/c1-7-13-15-17-19-21-23-25-27-29-49(60)73-47(11-5)31-37-65-41-45(56-58-52)43-71-75(63,67-35-9-3)69-39-33-54-51(62)55-34-40-70-76(64,68-36-10-4)72-44-46(57-59-53)42-66-38-32-48(12-6)74-50(61)30-28-26-24-22-20-18-16-14-8-2;1-4-7-8-9-10-11-12-13-14-15-25(30)36-24(6-3)16-19-32-21-23(28-29-27)22-35-37(31,33-18-5-2)34-20-17-26/h9-10,45-48H,3-4,7-8,11-44H2,1-2,5-6H3,(H2,54,55,62);5,23-24H,2,4,6-22,26H2,1,3H3. The highest BCUT2D eigenvalue weighted by molar-refractivity contribution is 7.49. The molecular weight excluding hydrogens is 1530 g/mol. The molecule has 9 atom stereocenters. The Hall–Kier alpha value is -5.00. The number of nitrogens with two attached hydrogens (primary N) is 1. The number of urea groups is 1. The highest BCUT2D eigenvalue weighted by Gasteiger charge is 2.31. The number of rotatable bonds is 83. The lowest BCUT2D eigenvalue weighted by molar-refractivity contribution is -0.151. The van der Waals surface area contributed by atoms with E-state index in [0.717, 1.165) is 57.8 Å². The first kappa shape index (κ1) is 110. The molecule has 0 aliphatic rings. The second-order valence-electron chi connectivity index (χ2n) is 26.9. The summed E-state index contributed by atoms with van der Waals surface area (Å²) in [4.78, 5) is 58.0. The van der Waals surface area contributed by atoms with E-state index in [1.807, 2.05) is 20.8 Å². The van der Waals surface area contributed by atoms with Crippen LogP contribution in [-0.4, -0.2) is 179 Å². The van der Waals surface area contributed by atoms with E-state index in [1.165, 1.54) is 134 Å². The van der Waals surface area contributed by atoms with Gasteiger partial charge >= 0.3 is 47.4 Å². The summed E-state index contributed by atoms with van der Waals surface area (Å²) in [7, 11) is -12.4. The Bertz CT molecular complexity index is 2590. The van der Waals surface area contributed by atoms with E-state index in [9.17, 15) is 32.9 Å². The summed E-state index contributed by atoms with van der Waals surface area (Å²) in [5, 5.41) is 15.9. The summed E-state index contributed by atoms with van der Waals surface area (Å²) in [6.45, 7) is 21.3. The highest BCUT2D eigenvalue weighted by atomic mass is 31.2. The number of phosphoric acid groups is 3. The van der Waals surface area contributed by atoms with Crippen LogP contribution >= 0.6 is 23.5 Å². The largest absolute Gasteiger partial charge is 0.475 e. The average molecular weight is 1670 g/mol. The molecule has 0 saturated heterocycles. The van der Waals surface area contributed by atoms with Crippen molar-refractivity contribution in [3.8, 4) is 0 Å². The van der Waals surface area contributed by atoms with Gasteiger partial charge in [0.25, 0.3) is 0 Å². The zero-order valence-electron chi connectivity index (χ0n) is 69.4. The number of nitrogens with one attached hydrogen (secondary N) is 2. The smallest absolute Gasteiger partial charge is 0.462 e. The van der Waals surface area contributed by atoms with Crippen molar-refractivity contribution in [3.05, 3.63) is 69.3 Å². The lowest BCUT2D eigenvalue weighted by Gasteiger charge is -2.20. The Morgan fingerprint density at radius 3 is 0.867 bits per heavy atom. The molecule has 0 rings (SSSR count). The van der Waals surface area contributed by atoms with Crippen LogP contribution in [-0.2, 0) is 97.2 Å². The fraction of sp³-hybridized carbons (Fsp3) is 0.868. The molecule has 0 aliphatic carbocycles. The van der Waals surface area contributed by atoms with Crippen LogP contribution in [0.2, 0.25) is 0 Å². The molecule has 37 heteroatoms. The van der Waals surface area contributed by atoms with Crippen LogP contribution in [0, 0.1) is 0 Å². The second kappa shape index (κ2) is 79.5. The molecule has 113 heavy (non-hydrogen) atoms. The van der Waals surface area contributed by atoms with E-state index in [1.54, 1.807) is 0 Å². The third-order valence-electron chi connectivity index (χ3n) is 17.0. The zero-order valence-corrected chi connectivity index (χ0v) is 72.1. The SMILES string of the molecule is C=CCOP(=O)(OCCN)OCC(COCCC(CC)OC(=O)CCCCCCCCCCC)N=[N+]=[N-].C=CCOP(=O)(OCCNC(=O)NCCOP(=O)(OCC=C)OCC(COCCC(CC)OC(=O)CCCCCCCCCCC)N=[N+]=[N-])OCC(COCCC(CC)OC(=O)CCCCCCCCCCC)N=[N+]=[N-]. The van der Waals surface area contributed by atoms with Gasteiger partial charge in [0.15, 0.2) is 0 Å². The fourth-order valence-electron chi connectivity index (χ4n) is 10.5. The van der Waals surface area contributed by atoms with Gasteiger partial charge in [0.2, 0.25) is 0 Å². The minimum absolute atomic E-state index is 0.0205. The van der Waals surface area contributed by atoms with Crippen molar-refractivity contribution in [3.63, 3.8) is 0 Å². The summed E-state index contributed by atoms with van der Waals surface area (Å²) in [5.41, 5.74) is 32.5. The number of carbonyl (C=O) groups is 4. The summed E-state index contributed by atoms with van der Waals surface area (Å²) >= 11 is 0. The normalized spacial score (nSPS) is 14.4. The summed E-state index contributed by atoms with van der Waals surface area (Å²) in [5.74, 6) is -0.642. The number of nitrogens with zero attached hydrogens (tertiary/aromatic N) is 9. The van der Waals surface area contributed by atoms with Crippen molar-refractivity contribution < 1.29 is 102 Å². The number of ether oxygens (including phenoxy) is 6. The zero-order chi connectivity index (χ0) is 83.8. The van der Waals surface area contributed by atoms with Gasteiger partial charge in [-0.2, -0.15) is 0 Å². The quantitative estimate of drug-likeness (QED) is 0.00744. The van der Waals surface area contributed by atoms with Crippen molar-refractivity contribution >= 4 is 47.4 Å². The first-order valence-corrected chi connectivity index (χ1v) is 45.8. The first-order valence-electron chi connectivity index (χ1n) is 41.4. The minimum Gasteiger partial charge on any atom is -0.462 e. The van der Waals surface area contributed by atoms with Gasteiger partial charge in [-0.25, -0.2) is 18.5 Å². The van der Waals surface area contributed by atoms with Crippen LogP contribution in [0.5, 0.6) is 0 Å². The molecule has 0 aromatic rings. The van der Waals surface area contributed by atoms with E-state index in [2.05, 4.69) is 81.2 Å². The fourth-order valence-corrected chi connectivity index (χ4v) is 14.1. The van der Waals surface area contributed by atoms with E-state index in [4.69, 9.17) is 91.5 Å². The van der Waals surface area contributed by atoms with Crippen LogP contribution in [0.25, 0.3) is 31.3 Å². The van der Waals surface area contributed by atoms with Crippen molar-refractivity contribution in [2.24, 2.45) is 21.1 Å². The molecule has 34 nitrogen and oxygen atoms in total. The molecule has 0 saturated carbocycles. The van der Waals surface area contributed by atoms with Crippen LogP contribution in [0.15, 0.2) is 53.3 Å². The molecule has 0 aromatic heterocycles. The number of amides is 2. The third kappa shape index (κ3) is 69.8. The van der Waals surface area contributed by atoms with Crippen molar-refractivity contribution in [1.82, 2.24) is 10.6 Å². The van der Waals surface area contributed by atoms with Gasteiger partial charge in [0.05, 0.1) is 117 Å². The lowest BCUT2D eigenvalue weighted by Crippen LogP contribution is -2.38. The Labute approximate surface area is 675 Å². The van der Waals surface area contributed by atoms with Crippen LogP contribution in [0.3, 0.4) is 0 Å². The van der Waals surface area contributed by atoms with E-state index in [0.29, 0.717) is 64.4 Å². The van der Waals surface area contributed by atoms with Crippen molar-refractivity contribution in [2.75, 3.05) is 119 Å². The summed E-state index contributed by atoms with van der Waals surface area (Å²) in [6, 6.07) is -3.25. The van der Waals surface area contributed by atoms with Crippen LogP contribution in [0.4, 0.5) is 4.79 Å². The van der Waals surface area contributed by atoms with Gasteiger partial charge in [-0.3, -0.25) is 55.1 Å². The van der Waals surface area contributed by atoms with Gasteiger partial charge in [0, 0.05) is 72.9 Å². The van der Waals surface area contributed by atoms with Gasteiger partial charge in [-0.05, 0) is 55.1 Å². The molecule has 656 valence electrons. The molecule has 9 unspecified atom stereocenters.